The number of carbonyl (C=O) groups is 1. The molecular formula is C12H15ClN2O4S2. The monoisotopic (exact) mass is 350 g/mol. The third-order valence-corrected chi connectivity index (χ3v) is 5.34. The lowest BCUT2D eigenvalue weighted by atomic mass is 10.2. The van der Waals surface area contributed by atoms with Crippen molar-refractivity contribution in [3.05, 3.63) is 28.8 Å². The molecule has 1 aromatic rings. The van der Waals surface area contributed by atoms with E-state index < -0.39 is 16.0 Å². The van der Waals surface area contributed by atoms with E-state index in [-0.39, 0.29) is 27.9 Å². The number of nitrogens with two attached hydrogens (primary N) is 1. The molecule has 1 aromatic carbocycles. The molecule has 0 atom stereocenters. The standard InChI is InChI=1S/C12H15ClN2O4S2/c1-15(6-5-11(16)19-2)21(17,18)10-7-8(12(14)20)3-4-9(10)13/h3-4,7H,5-6H2,1-2H3,(H2,14,20). The third kappa shape index (κ3) is 4.37. The number of esters is 1. The molecule has 2 N–H and O–H groups in total. The summed E-state index contributed by atoms with van der Waals surface area (Å²) in [5, 5.41) is 0.0555. The summed E-state index contributed by atoms with van der Waals surface area (Å²) in [5.41, 5.74) is 5.88. The Hall–Kier alpha value is -1.22. The highest BCUT2D eigenvalue weighted by atomic mass is 35.5. The third-order valence-electron chi connectivity index (χ3n) is 2.76. The molecule has 0 saturated heterocycles. The summed E-state index contributed by atoms with van der Waals surface area (Å²) < 4.78 is 30.4. The van der Waals surface area contributed by atoms with Crippen LogP contribution in [0.2, 0.25) is 5.02 Å². The van der Waals surface area contributed by atoms with Crippen LogP contribution in [-0.4, -0.2) is 44.4 Å². The van der Waals surface area contributed by atoms with Crippen LogP contribution in [0.25, 0.3) is 0 Å². The highest BCUT2D eigenvalue weighted by molar-refractivity contribution is 7.89. The second-order valence-corrected chi connectivity index (χ2v) is 7.02. The fourth-order valence-corrected chi connectivity index (χ4v) is 3.29. The molecule has 0 unspecified atom stereocenters. The van der Waals surface area contributed by atoms with Crippen LogP contribution in [0.15, 0.2) is 23.1 Å². The van der Waals surface area contributed by atoms with Gasteiger partial charge in [0, 0.05) is 19.2 Å². The SMILES string of the molecule is COC(=O)CCN(C)S(=O)(=O)c1cc(C(N)=S)ccc1Cl. The number of nitrogens with zero attached hydrogens (tertiary/aromatic N) is 1. The zero-order valence-corrected chi connectivity index (χ0v) is 13.9. The average molecular weight is 351 g/mol. The topological polar surface area (TPSA) is 89.7 Å². The Kier molecular flexibility index (Phi) is 6.09. The summed E-state index contributed by atoms with van der Waals surface area (Å²) in [4.78, 5) is 11.0. The van der Waals surface area contributed by atoms with Gasteiger partial charge in [0.05, 0.1) is 18.6 Å². The zero-order chi connectivity index (χ0) is 16.2. The summed E-state index contributed by atoms with van der Waals surface area (Å²) in [6, 6.07) is 4.27. The van der Waals surface area contributed by atoms with E-state index in [2.05, 4.69) is 4.74 Å². The fraction of sp³-hybridized carbons (Fsp3) is 0.333. The molecule has 0 bridgehead atoms. The summed E-state index contributed by atoms with van der Waals surface area (Å²) in [6.45, 7) is -0.0252. The second-order valence-electron chi connectivity index (χ2n) is 4.16. The molecule has 0 aromatic heterocycles. The minimum atomic E-state index is -3.85. The van der Waals surface area contributed by atoms with Crippen molar-refractivity contribution in [1.29, 1.82) is 0 Å². The molecule has 0 saturated carbocycles. The van der Waals surface area contributed by atoms with Gasteiger partial charge in [-0.2, -0.15) is 0 Å². The highest BCUT2D eigenvalue weighted by Gasteiger charge is 2.24. The molecule has 9 heteroatoms. The summed E-state index contributed by atoms with van der Waals surface area (Å²) in [5.74, 6) is -0.500. The van der Waals surface area contributed by atoms with Crippen LogP contribution in [0.1, 0.15) is 12.0 Å². The number of thiocarbonyl (C=S) groups is 1. The molecule has 0 amide bonds. The van der Waals surface area contributed by atoms with Gasteiger partial charge in [-0.15, -0.1) is 0 Å². The predicted octanol–water partition coefficient (Wildman–Crippen LogP) is 1.16. The molecule has 6 nitrogen and oxygen atoms in total. The number of rotatable bonds is 6. The van der Waals surface area contributed by atoms with Gasteiger partial charge in [0.2, 0.25) is 10.0 Å². The number of methoxy groups -OCH3 is 1. The Labute approximate surface area is 133 Å². The van der Waals surface area contributed by atoms with E-state index >= 15 is 0 Å². The molecule has 0 heterocycles. The van der Waals surface area contributed by atoms with Gasteiger partial charge in [-0.3, -0.25) is 4.79 Å². The van der Waals surface area contributed by atoms with Crippen molar-refractivity contribution in [2.24, 2.45) is 5.73 Å². The number of benzene rings is 1. The van der Waals surface area contributed by atoms with Crippen molar-refractivity contribution in [3.63, 3.8) is 0 Å². The van der Waals surface area contributed by atoms with Crippen molar-refractivity contribution < 1.29 is 17.9 Å². The minimum Gasteiger partial charge on any atom is -0.469 e. The van der Waals surface area contributed by atoms with Gasteiger partial charge in [-0.25, -0.2) is 12.7 Å². The van der Waals surface area contributed by atoms with Crippen LogP contribution in [0.3, 0.4) is 0 Å². The van der Waals surface area contributed by atoms with Crippen LogP contribution in [0.5, 0.6) is 0 Å². The Morgan fingerprint density at radius 1 is 1.48 bits per heavy atom. The number of halogens is 1. The van der Waals surface area contributed by atoms with E-state index in [0.29, 0.717) is 5.56 Å². The number of sulfonamides is 1. The van der Waals surface area contributed by atoms with Crippen molar-refractivity contribution >= 4 is 44.8 Å². The molecule has 0 radical (unpaired) electrons. The van der Waals surface area contributed by atoms with E-state index in [4.69, 9.17) is 29.6 Å². The van der Waals surface area contributed by atoms with E-state index in [9.17, 15) is 13.2 Å². The normalized spacial score (nSPS) is 11.4. The molecule has 1 rings (SSSR count). The van der Waals surface area contributed by atoms with E-state index in [0.717, 1.165) is 4.31 Å². The molecule has 0 aliphatic heterocycles. The number of ether oxygens (including phenoxy) is 1. The quantitative estimate of drug-likeness (QED) is 0.611. The predicted molar refractivity (Wildman–Crippen MR) is 83.8 cm³/mol. The van der Waals surface area contributed by atoms with Crippen molar-refractivity contribution in [2.45, 2.75) is 11.3 Å². The lowest BCUT2D eigenvalue weighted by Crippen LogP contribution is -2.30. The van der Waals surface area contributed by atoms with E-state index in [1.165, 1.54) is 32.4 Å². The van der Waals surface area contributed by atoms with Crippen LogP contribution in [-0.2, 0) is 19.6 Å². The minimum absolute atomic E-state index is 0.0252. The summed E-state index contributed by atoms with van der Waals surface area (Å²) in [6.07, 6.45) is -0.0567. The first-order valence-electron chi connectivity index (χ1n) is 5.82. The average Bonchev–Trinajstić information content (AvgIpc) is 2.44. The number of hydrogen-bond acceptors (Lipinski definition) is 5. The maximum atomic E-state index is 12.4. The van der Waals surface area contributed by atoms with Crippen molar-refractivity contribution in [1.82, 2.24) is 4.31 Å². The molecule has 0 aliphatic rings. The van der Waals surface area contributed by atoms with Gasteiger partial charge >= 0.3 is 5.97 Å². The van der Waals surface area contributed by atoms with Crippen LogP contribution < -0.4 is 5.73 Å². The Morgan fingerprint density at radius 3 is 2.62 bits per heavy atom. The Morgan fingerprint density at radius 2 is 2.10 bits per heavy atom. The second kappa shape index (κ2) is 7.17. The number of hydrogen-bond donors (Lipinski definition) is 1. The van der Waals surface area contributed by atoms with Crippen LogP contribution in [0.4, 0.5) is 0 Å². The largest absolute Gasteiger partial charge is 0.469 e. The van der Waals surface area contributed by atoms with Gasteiger partial charge < -0.3 is 10.5 Å². The lowest BCUT2D eigenvalue weighted by molar-refractivity contribution is -0.140. The van der Waals surface area contributed by atoms with E-state index in [1.807, 2.05) is 0 Å². The highest BCUT2D eigenvalue weighted by Crippen LogP contribution is 2.25. The zero-order valence-electron chi connectivity index (χ0n) is 11.5. The first kappa shape index (κ1) is 17.8. The van der Waals surface area contributed by atoms with Crippen LogP contribution in [0, 0.1) is 0 Å². The first-order valence-corrected chi connectivity index (χ1v) is 8.05. The molecule has 21 heavy (non-hydrogen) atoms. The van der Waals surface area contributed by atoms with Gasteiger partial charge in [0.25, 0.3) is 0 Å². The fourth-order valence-electron chi connectivity index (χ4n) is 1.49. The molecule has 0 aliphatic carbocycles. The molecular weight excluding hydrogens is 336 g/mol. The molecule has 0 fully saturated rings. The van der Waals surface area contributed by atoms with Crippen molar-refractivity contribution in [2.75, 3.05) is 20.7 Å². The van der Waals surface area contributed by atoms with Gasteiger partial charge in [-0.05, 0) is 12.1 Å². The number of carbonyl (C=O) groups excluding carboxylic acids is 1. The molecule has 116 valence electrons. The first-order chi connectivity index (χ1) is 9.70. The Bertz CT molecular complexity index is 661. The molecule has 0 spiro atoms. The maximum Gasteiger partial charge on any atom is 0.306 e. The summed E-state index contributed by atoms with van der Waals surface area (Å²) in [7, 11) is -1.27. The van der Waals surface area contributed by atoms with Crippen molar-refractivity contribution in [3.8, 4) is 0 Å². The Balaban J connectivity index is 3.09. The van der Waals surface area contributed by atoms with Gasteiger partial charge in [0.1, 0.15) is 9.88 Å². The lowest BCUT2D eigenvalue weighted by Gasteiger charge is -2.18. The smallest absolute Gasteiger partial charge is 0.306 e. The van der Waals surface area contributed by atoms with Gasteiger partial charge in [-0.1, -0.05) is 29.9 Å². The summed E-state index contributed by atoms with van der Waals surface area (Å²) >= 11 is 10.8. The van der Waals surface area contributed by atoms with Crippen LogP contribution >= 0.6 is 23.8 Å². The van der Waals surface area contributed by atoms with Gasteiger partial charge in [0.15, 0.2) is 0 Å². The maximum absolute atomic E-state index is 12.4. The van der Waals surface area contributed by atoms with E-state index in [1.54, 1.807) is 0 Å².